The normalized spacial score (nSPS) is 11.5. The Bertz CT molecular complexity index is 1010. The summed E-state index contributed by atoms with van der Waals surface area (Å²) >= 11 is 17.7. The predicted molar refractivity (Wildman–Crippen MR) is 112 cm³/mol. The molecule has 2 aromatic carbocycles. The second-order valence-corrected chi connectivity index (χ2v) is 8.71. The maximum absolute atomic E-state index is 12.2. The molecule has 0 spiro atoms. The van der Waals surface area contributed by atoms with Crippen molar-refractivity contribution in [2.45, 2.75) is 0 Å². The van der Waals surface area contributed by atoms with E-state index in [0.29, 0.717) is 20.6 Å². The van der Waals surface area contributed by atoms with Crippen LogP contribution in [0.3, 0.4) is 0 Å². The third-order valence-corrected chi connectivity index (χ3v) is 5.54. The molecule has 7 nitrogen and oxygen atoms in total. The van der Waals surface area contributed by atoms with Crippen molar-refractivity contribution in [3.8, 4) is 5.75 Å². The van der Waals surface area contributed by atoms with Gasteiger partial charge < -0.3 is 4.74 Å². The number of carbonyl (C=O) groups is 1. The van der Waals surface area contributed by atoms with Crippen molar-refractivity contribution in [3.05, 3.63) is 57.0 Å². The van der Waals surface area contributed by atoms with Crippen LogP contribution in [0, 0.1) is 0 Å². The third-order valence-electron chi connectivity index (χ3n) is 3.44. The van der Waals surface area contributed by atoms with Gasteiger partial charge in [-0.3, -0.25) is 9.10 Å². The van der Waals surface area contributed by atoms with E-state index < -0.39 is 22.5 Å². The summed E-state index contributed by atoms with van der Waals surface area (Å²) in [4.78, 5) is 12.2. The molecule has 0 aliphatic rings. The van der Waals surface area contributed by atoms with E-state index in [1.54, 1.807) is 24.3 Å². The number of nitrogens with one attached hydrogen (secondary N) is 1. The lowest BCUT2D eigenvalue weighted by Gasteiger charge is -2.23. The highest BCUT2D eigenvalue weighted by atomic mass is 35.5. The minimum absolute atomic E-state index is 0.140. The van der Waals surface area contributed by atoms with Gasteiger partial charge >= 0.3 is 0 Å². The lowest BCUT2D eigenvalue weighted by Crippen LogP contribution is -2.39. The van der Waals surface area contributed by atoms with E-state index in [1.807, 2.05) is 0 Å². The zero-order valence-corrected chi connectivity index (χ0v) is 17.9. The van der Waals surface area contributed by atoms with Crippen molar-refractivity contribution < 1.29 is 17.9 Å². The highest BCUT2D eigenvalue weighted by molar-refractivity contribution is 7.92. The molecule has 0 aliphatic carbocycles. The van der Waals surface area contributed by atoms with E-state index >= 15 is 0 Å². The second kappa shape index (κ2) is 9.47. The number of amides is 1. The number of benzene rings is 2. The van der Waals surface area contributed by atoms with Crippen molar-refractivity contribution in [1.82, 2.24) is 5.43 Å². The Morgan fingerprint density at radius 3 is 2.50 bits per heavy atom. The molecule has 28 heavy (non-hydrogen) atoms. The third kappa shape index (κ3) is 6.00. The SMILES string of the molecule is COc1ccc(Cl)cc1N(CC(=O)N/N=C\c1ccc(Cl)c(Cl)c1)S(C)(=O)=O. The summed E-state index contributed by atoms with van der Waals surface area (Å²) in [6, 6.07) is 9.27. The Balaban J connectivity index is 2.17. The highest BCUT2D eigenvalue weighted by Gasteiger charge is 2.24. The first-order valence-electron chi connectivity index (χ1n) is 7.70. The maximum Gasteiger partial charge on any atom is 0.260 e. The van der Waals surface area contributed by atoms with E-state index in [9.17, 15) is 13.2 Å². The Labute approximate surface area is 177 Å². The standard InChI is InChI=1S/C17H16Cl3N3O4S/c1-27-16-6-4-12(18)8-15(16)23(28(2,25)26)10-17(24)22-21-9-11-3-5-13(19)14(20)7-11/h3-9H,10H2,1-2H3,(H,22,24)/b21-9-. The van der Waals surface area contributed by atoms with Crippen molar-refractivity contribution in [1.29, 1.82) is 0 Å². The largest absolute Gasteiger partial charge is 0.495 e. The van der Waals surface area contributed by atoms with Crippen LogP contribution in [-0.4, -0.2) is 40.4 Å². The molecule has 0 fully saturated rings. The first-order valence-corrected chi connectivity index (χ1v) is 10.7. The van der Waals surface area contributed by atoms with Crippen molar-refractivity contribution >= 4 is 62.6 Å². The molecule has 0 atom stereocenters. The molecule has 2 aromatic rings. The van der Waals surface area contributed by atoms with E-state index in [0.717, 1.165) is 10.6 Å². The van der Waals surface area contributed by atoms with Gasteiger partial charge in [-0.2, -0.15) is 5.10 Å². The molecule has 0 heterocycles. The number of hydrazone groups is 1. The summed E-state index contributed by atoms with van der Waals surface area (Å²) in [7, 11) is -2.42. The smallest absolute Gasteiger partial charge is 0.260 e. The molecular weight excluding hydrogens is 449 g/mol. The first-order chi connectivity index (χ1) is 13.1. The van der Waals surface area contributed by atoms with Gasteiger partial charge in [0.25, 0.3) is 5.91 Å². The molecule has 2 rings (SSSR count). The van der Waals surface area contributed by atoms with Gasteiger partial charge in [0.15, 0.2) is 0 Å². The molecule has 0 bridgehead atoms. The minimum Gasteiger partial charge on any atom is -0.495 e. The highest BCUT2D eigenvalue weighted by Crippen LogP contribution is 2.32. The summed E-state index contributed by atoms with van der Waals surface area (Å²) in [5.74, 6) is -0.411. The topological polar surface area (TPSA) is 88.1 Å². The summed E-state index contributed by atoms with van der Waals surface area (Å²) < 4.78 is 30.4. The number of anilines is 1. The van der Waals surface area contributed by atoms with E-state index in [2.05, 4.69) is 10.5 Å². The summed E-state index contributed by atoms with van der Waals surface area (Å²) in [5, 5.41) is 4.82. The van der Waals surface area contributed by atoms with Gasteiger partial charge in [0.05, 0.1) is 35.3 Å². The average Bonchev–Trinajstić information content (AvgIpc) is 2.61. The van der Waals surface area contributed by atoms with Crippen LogP contribution in [0.15, 0.2) is 41.5 Å². The van der Waals surface area contributed by atoms with Crippen LogP contribution < -0.4 is 14.5 Å². The number of halogens is 3. The molecule has 0 aromatic heterocycles. The van der Waals surface area contributed by atoms with E-state index in [4.69, 9.17) is 39.5 Å². The van der Waals surface area contributed by atoms with Crippen molar-refractivity contribution in [2.24, 2.45) is 5.10 Å². The Hall–Kier alpha value is -2.00. The molecular formula is C17H16Cl3N3O4S. The predicted octanol–water partition coefficient (Wildman–Crippen LogP) is 3.57. The van der Waals surface area contributed by atoms with Crippen molar-refractivity contribution in [2.75, 3.05) is 24.2 Å². The molecule has 0 aliphatic heterocycles. The molecule has 1 amide bonds. The summed E-state index contributed by atoms with van der Waals surface area (Å²) in [6.45, 7) is -0.520. The lowest BCUT2D eigenvalue weighted by molar-refractivity contribution is -0.119. The molecule has 0 unspecified atom stereocenters. The van der Waals surface area contributed by atoms with Gasteiger partial charge in [0.2, 0.25) is 10.0 Å². The van der Waals surface area contributed by atoms with Gasteiger partial charge in [0, 0.05) is 5.02 Å². The molecule has 0 saturated carbocycles. The van der Waals surface area contributed by atoms with E-state index in [-0.39, 0.29) is 11.4 Å². The van der Waals surface area contributed by atoms with Crippen molar-refractivity contribution in [3.63, 3.8) is 0 Å². The molecule has 150 valence electrons. The number of nitrogens with zero attached hydrogens (tertiary/aromatic N) is 2. The van der Waals surface area contributed by atoms with Crippen LogP contribution in [-0.2, 0) is 14.8 Å². The zero-order chi connectivity index (χ0) is 20.9. The number of methoxy groups -OCH3 is 1. The first kappa shape index (κ1) is 22.3. The fraction of sp³-hybridized carbons (Fsp3) is 0.176. The minimum atomic E-state index is -3.80. The van der Waals surface area contributed by atoms with Gasteiger partial charge in [-0.25, -0.2) is 13.8 Å². The fourth-order valence-electron chi connectivity index (χ4n) is 2.18. The summed E-state index contributed by atoms with van der Waals surface area (Å²) in [6.07, 6.45) is 2.32. The van der Waals surface area contributed by atoms with Crippen LogP contribution in [0.2, 0.25) is 15.1 Å². The number of sulfonamides is 1. The van der Waals surface area contributed by atoms with Crippen LogP contribution in [0.5, 0.6) is 5.75 Å². The monoisotopic (exact) mass is 463 g/mol. The van der Waals surface area contributed by atoms with Crippen LogP contribution in [0.1, 0.15) is 5.56 Å². The van der Waals surface area contributed by atoms with Gasteiger partial charge in [-0.05, 0) is 35.9 Å². The zero-order valence-electron chi connectivity index (χ0n) is 14.8. The molecule has 1 N–H and O–H groups in total. The Kier molecular flexibility index (Phi) is 7.54. The Morgan fingerprint density at radius 1 is 1.18 bits per heavy atom. The van der Waals surface area contributed by atoms with Gasteiger partial charge in [-0.1, -0.05) is 40.9 Å². The van der Waals surface area contributed by atoms with Gasteiger partial charge in [0.1, 0.15) is 12.3 Å². The van der Waals surface area contributed by atoms with E-state index in [1.165, 1.54) is 25.5 Å². The van der Waals surface area contributed by atoms with Crippen LogP contribution in [0.4, 0.5) is 5.69 Å². The number of rotatable bonds is 7. The molecule has 0 saturated heterocycles. The van der Waals surface area contributed by atoms with Crippen LogP contribution in [0.25, 0.3) is 0 Å². The fourth-order valence-corrected chi connectivity index (χ4v) is 3.50. The number of ether oxygens (including phenoxy) is 1. The van der Waals surface area contributed by atoms with Gasteiger partial charge in [-0.15, -0.1) is 0 Å². The quantitative estimate of drug-likeness (QED) is 0.501. The lowest BCUT2D eigenvalue weighted by atomic mass is 10.2. The maximum atomic E-state index is 12.2. The summed E-state index contributed by atoms with van der Waals surface area (Å²) in [5.41, 5.74) is 3.01. The molecule has 0 radical (unpaired) electrons. The number of hydrogen-bond donors (Lipinski definition) is 1. The van der Waals surface area contributed by atoms with Crippen LogP contribution >= 0.6 is 34.8 Å². The Morgan fingerprint density at radius 2 is 1.89 bits per heavy atom. The molecule has 11 heteroatoms. The average molecular weight is 465 g/mol. The number of carbonyl (C=O) groups excluding carboxylic acids is 1. The number of hydrogen-bond acceptors (Lipinski definition) is 5. The second-order valence-electron chi connectivity index (χ2n) is 5.55.